The predicted molar refractivity (Wildman–Crippen MR) is 48.7 cm³/mol. The Bertz CT molecular complexity index is 428. The van der Waals surface area contributed by atoms with Gasteiger partial charge in [0.1, 0.15) is 5.75 Å². The molecule has 0 N–H and O–H groups in total. The van der Waals surface area contributed by atoms with Gasteiger partial charge in [-0.2, -0.15) is 0 Å². The normalized spacial score (nSPS) is 11.0. The number of halogens is 4. The zero-order valence-electron chi connectivity index (χ0n) is 7.55. The molecule has 0 fully saturated rings. The Morgan fingerprint density at radius 1 is 1.38 bits per heavy atom. The number of benzene rings is 1. The van der Waals surface area contributed by atoms with Crippen molar-refractivity contribution in [3.63, 3.8) is 0 Å². The summed E-state index contributed by atoms with van der Waals surface area (Å²) in [6.07, 6.45) is -4.86. The van der Waals surface area contributed by atoms with Crippen molar-refractivity contribution in [2.45, 2.75) is 6.36 Å². The first-order valence-corrected chi connectivity index (χ1v) is 4.26. The number of hydrogen-bond donors (Lipinski definition) is 0. The van der Waals surface area contributed by atoms with E-state index in [1.807, 2.05) is 0 Å². The monoisotopic (exact) mass is 252 g/mol. The molecule has 0 aliphatic rings. The summed E-state index contributed by atoms with van der Waals surface area (Å²) in [4.78, 5) is 21.4. The van der Waals surface area contributed by atoms with Gasteiger partial charge in [0.2, 0.25) is 0 Å². The van der Waals surface area contributed by atoms with Crippen LogP contribution in [0.15, 0.2) is 18.2 Å². The van der Waals surface area contributed by atoms with Crippen LogP contribution >= 0.6 is 11.6 Å². The van der Waals surface area contributed by atoms with Crippen LogP contribution in [-0.2, 0) is 0 Å². The summed E-state index contributed by atoms with van der Waals surface area (Å²) in [7, 11) is 0. The molecule has 16 heavy (non-hydrogen) atoms. The van der Waals surface area contributed by atoms with Crippen LogP contribution in [0.1, 0.15) is 20.7 Å². The Labute approximate surface area is 92.8 Å². The molecule has 1 rings (SSSR count). The molecular formula is C9H4ClF3O3. The Kier molecular flexibility index (Phi) is 3.54. The van der Waals surface area contributed by atoms with Gasteiger partial charge in [0.25, 0.3) is 5.24 Å². The van der Waals surface area contributed by atoms with Crippen LogP contribution in [0.5, 0.6) is 5.75 Å². The van der Waals surface area contributed by atoms with Crippen molar-refractivity contribution in [1.82, 2.24) is 0 Å². The zero-order chi connectivity index (χ0) is 12.3. The quantitative estimate of drug-likeness (QED) is 0.614. The highest BCUT2D eigenvalue weighted by atomic mass is 35.5. The summed E-state index contributed by atoms with van der Waals surface area (Å²) < 4.78 is 39.4. The van der Waals surface area contributed by atoms with Gasteiger partial charge < -0.3 is 4.74 Å². The lowest BCUT2D eigenvalue weighted by Gasteiger charge is -2.11. The SMILES string of the molecule is O=Cc1c(OC(F)(F)F)cccc1C(=O)Cl. The molecule has 0 bridgehead atoms. The molecule has 0 saturated carbocycles. The topological polar surface area (TPSA) is 43.4 Å². The minimum Gasteiger partial charge on any atom is -0.405 e. The van der Waals surface area contributed by atoms with E-state index in [9.17, 15) is 22.8 Å². The number of aldehydes is 1. The lowest BCUT2D eigenvalue weighted by Crippen LogP contribution is -2.18. The summed E-state index contributed by atoms with van der Waals surface area (Å²) in [6, 6.07) is 3.17. The maximum atomic E-state index is 11.9. The molecule has 1 aromatic rings. The molecule has 7 heteroatoms. The minimum absolute atomic E-state index is 0.0800. The van der Waals surface area contributed by atoms with Crippen molar-refractivity contribution in [3.8, 4) is 5.75 Å². The van der Waals surface area contributed by atoms with E-state index < -0.39 is 22.9 Å². The largest absolute Gasteiger partial charge is 0.573 e. The van der Waals surface area contributed by atoms with E-state index in [0.717, 1.165) is 18.2 Å². The highest BCUT2D eigenvalue weighted by Crippen LogP contribution is 2.28. The molecule has 0 aromatic heterocycles. The average molecular weight is 253 g/mol. The summed E-state index contributed by atoms with van der Waals surface area (Å²) in [6.45, 7) is 0. The van der Waals surface area contributed by atoms with Gasteiger partial charge in [0.15, 0.2) is 6.29 Å². The number of carbonyl (C=O) groups excluding carboxylic acids is 2. The first-order chi connectivity index (χ1) is 7.35. The van der Waals surface area contributed by atoms with Gasteiger partial charge >= 0.3 is 6.36 Å². The first kappa shape index (κ1) is 12.5. The van der Waals surface area contributed by atoms with E-state index >= 15 is 0 Å². The Hall–Kier alpha value is -1.56. The molecule has 0 unspecified atom stereocenters. The molecule has 0 amide bonds. The van der Waals surface area contributed by atoms with Gasteiger partial charge in [-0.05, 0) is 23.7 Å². The molecule has 0 saturated heterocycles. The van der Waals surface area contributed by atoms with Crippen LogP contribution in [0.4, 0.5) is 13.2 Å². The minimum atomic E-state index is -4.94. The van der Waals surface area contributed by atoms with E-state index in [0.29, 0.717) is 0 Å². The molecule has 0 spiro atoms. The smallest absolute Gasteiger partial charge is 0.405 e. The fourth-order valence-corrected chi connectivity index (χ4v) is 1.22. The van der Waals surface area contributed by atoms with Gasteiger partial charge in [-0.15, -0.1) is 13.2 Å². The molecule has 3 nitrogen and oxygen atoms in total. The van der Waals surface area contributed by atoms with E-state index in [2.05, 4.69) is 4.74 Å². The van der Waals surface area contributed by atoms with Crippen LogP contribution < -0.4 is 4.74 Å². The maximum absolute atomic E-state index is 11.9. The lowest BCUT2D eigenvalue weighted by atomic mass is 10.1. The van der Waals surface area contributed by atoms with Crippen molar-refractivity contribution < 1.29 is 27.5 Å². The number of carbonyl (C=O) groups is 2. The van der Waals surface area contributed by atoms with Crippen LogP contribution in [0.3, 0.4) is 0 Å². The Morgan fingerprint density at radius 3 is 2.44 bits per heavy atom. The second-order valence-corrected chi connectivity index (χ2v) is 3.00. The van der Waals surface area contributed by atoms with Crippen LogP contribution in [0.2, 0.25) is 0 Å². The average Bonchev–Trinajstić information content (AvgIpc) is 2.14. The first-order valence-electron chi connectivity index (χ1n) is 3.89. The van der Waals surface area contributed by atoms with Gasteiger partial charge in [-0.3, -0.25) is 9.59 Å². The molecule has 0 heterocycles. The van der Waals surface area contributed by atoms with E-state index in [4.69, 9.17) is 11.6 Å². The zero-order valence-corrected chi connectivity index (χ0v) is 8.30. The van der Waals surface area contributed by atoms with Gasteiger partial charge in [-0.1, -0.05) is 6.07 Å². The maximum Gasteiger partial charge on any atom is 0.573 e. The molecular weight excluding hydrogens is 249 g/mol. The van der Waals surface area contributed by atoms with Crippen molar-refractivity contribution in [3.05, 3.63) is 29.3 Å². The Morgan fingerprint density at radius 2 is 2.00 bits per heavy atom. The van der Waals surface area contributed by atoms with E-state index in [1.54, 1.807) is 0 Å². The molecule has 0 aliphatic heterocycles. The summed E-state index contributed by atoms with van der Waals surface area (Å²) in [5.41, 5.74) is -0.863. The summed E-state index contributed by atoms with van der Waals surface area (Å²) in [5.74, 6) is -0.756. The lowest BCUT2D eigenvalue weighted by molar-refractivity contribution is -0.274. The van der Waals surface area contributed by atoms with E-state index in [-0.39, 0.29) is 11.8 Å². The fourth-order valence-electron chi connectivity index (χ4n) is 1.05. The fraction of sp³-hybridized carbons (Fsp3) is 0.111. The third-order valence-corrected chi connectivity index (χ3v) is 1.83. The molecule has 0 aliphatic carbocycles. The standard InChI is InChI=1S/C9H4ClF3O3/c10-8(15)5-2-1-3-7(6(5)4-14)16-9(11,12)13/h1-4H. The van der Waals surface area contributed by atoms with E-state index in [1.165, 1.54) is 0 Å². The molecule has 86 valence electrons. The van der Waals surface area contributed by atoms with Gasteiger partial charge in [-0.25, -0.2) is 0 Å². The van der Waals surface area contributed by atoms with Crippen LogP contribution in [-0.4, -0.2) is 17.9 Å². The van der Waals surface area contributed by atoms with Crippen LogP contribution in [0, 0.1) is 0 Å². The number of rotatable bonds is 3. The predicted octanol–water partition coefficient (Wildman–Crippen LogP) is 2.78. The third kappa shape index (κ3) is 2.96. The third-order valence-electron chi connectivity index (χ3n) is 1.62. The second kappa shape index (κ2) is 4.52. The highest BCUT2D eigenvalue weighted by Gasteiger charge is 2.32. The number of alkyl halides is 3. The summed E-state index contributed by atoms with van der Waals surface area (Å²) in [5, 5.41) is -1.03. The van der Waals surface area contributed by atoms with Crippen molar-refractivity contribution in [1.29, 1.82) is 0 Å². The van der Waals surface area contributed by atoms with Crippen molar-refractivity contribution >= 4 is 23.1 Å². The second-order valence-electron chi connectivity index (χ2n) is 2.66. The van der Waals surface area contributed by atoms with Gasteiger partial charge in [0, 0.05) is 5.56 Å². The summed E-state index contributed by atoms with van der Waals surface area (Å²) >= 11 is 5.10. The number of hydrogen-bond acceptors (Lipinski definition) is 3. The highest BCUT2D eigenvalue weighted by molar-refractivity contribution is 6.68. The Balaban J connectivity index is 3.24. The van der Waals surface area contributed by atoms with Crippen LogP contribution in [0.25, 0.3) is 0 Å². The molecule has 0 atom stereocenters. The van der Waals surface area contributed by atoms with Crippen molar-refractivity contribution in [2.24, 2.45) is 0 Å². The number of ether oxygens (including phenoxy) is 1. The van der Waals surface area contributed by atoms with Crippen molar-refractivity contribution in [2.75, 3.05) is 0 Å². The molecule has 0 radical (unpaired) electrons. The van der Waals surface area contributed by atoms with Gasteiger partial charge in [0.05, 0.1) is 5.56 Å². The molecule has 1 aromatic carbocycles.